The van der Waals surface area contributed by atoms with Crippen molar-refractivity contribution in [1.29, 1.82) is 0 Å². The monoisotopic (exact) mass is 524 g/mol. The molecule has 0 aromatic heterocycles. The third kappa shape index (κ3) is 6.57. The zero-order valence-electron chi connectivity index (χ0n) is 22.0. The average molecular weight is 525 g/mol. The summed E-state index contributed by atoms with van der Waals surface area (Å²) in [5.74, 6) is 0.715. The normalized spacial score (nSPS) is 18.1. The lowest BCUT2D eigenvalue weighted by Crippen LogP contribution is -2.39. The van der Waals surface area contributed by atoms with E-state index in [0.717, 1.165) is 6.54 Å². The summed E-state index contributed by atoms with van der Waals surface area (Å²) in [6, 6.07) is 45.1. The molecule has 1 aliphatic carbocycles. The van der Waals surface area contributed by atoms with Gasteiger partial charge in [-0.05, 0) is 60.5 Å². The molecule has 2 unspecified atom stereocenters. The van der Waals surface area contributed by atoms with E-state index in [0.29, 0.717) is 12.0 Å². The highest BCUT2D eigenvalue weighted by Gasteiger charge is 2.32. The first-order valence-electron chi connectivity index (χ1n) is 13.4. The van der Waals surface area contributed by atoms with Gasteiger partial charge in [-0.1, -0.05) is 128 Å². The molecule has 0 N–H and O–H groups in total. The van der Waals surface area contributed by atoms with Gasteiger partial charge in [-0.25, -0.2) is 0 Å². The van der Waals surface area contributed by atoms with Gasteiger partial charge in [-0.15, -0.1) is 0 Å². The van der Waals surface area contributed by atoms with Crippen molar-refractivity contribution in [1.82, 2.24) is 9.34 Å². The lowest BCUT2D eigenvalue weighted by atomic mass is 9.86. The summed E-state index contributed by atoms with van der Waals surface area (Å²) in [5, 5.41) is 5.77. The van der Waals surface area contributed by atoms with Gasteiger partial charge in [0.15, 0.2) is 0 Å². The van der Waals surface area contributed by atoms with Crippen molar-refractivity contribution in [2.24, 2.45) is 5.92 Å². The van der Waals surface area contributed by atoms with Crippen molar-refractivity contribution in [3.05, 3.63) is 121 Å². The van der Waals surface area contributed by atoms with Crippen LogP contribution in [-0.2, 0) is 0 Å². The van der Waals surface area contributed by atoms with Crippen LogP contribution in [0.25, 0.3) is 0 Å². The summed E-state index contributed by atoms with van der Waals surface area (Å²) in [6.07, 6.45) is 5.21. The molecule has 1 fully saturated rings. The standard InChI is InChI=1S/C33H38N2P2/c1-34(36(30-18-7-3-8-19-30)31-20-9-4-10-21-31)27-28-16-15-17-29(26-28)35(2)37(32-22-11-5-12-23-32)33-24-13-6-14-25-33/h3-14,18-25,28-29H,15-17,26-27H2,1-2H3. The van der Waals surface area contributed by atoms with E-state index in [2.05, 4.69) is 145 Å². The summed E-state index contributed by atoms with van der Waals surface area (Å²) < 4.78 is 5.38. The van der Waals surface area contributed by atoms with E-state index >= 15 is 0 Å². The van der Waals surface area contributed by atoms with Gasteiger partial charge in [0.1, 0.15) is 0 Å². The molecule has 0 heterocycles. The zero-order chi connectivity index (χ0) is 25.5. The minimum absolute atomic E-state index is 0.527. The Bertz CT molecular complexity index is 1130. The van der Waals surface area contributed by atoms with E-state index in [1.54, 1.807) is 0 Å². The van der Waals surface area contributed by atoms with Crippen LogP contribution in [0.5, 0.6) is 0 Å². The Kier molecular flexibility index (Phi) is 9.19. The van der Waals surface area contributed by atoms with E-state index in [1.807, 2.05) is 0 Å². The fourth-order valence-corrected chi connectivity index (χ4v) is 10.6. The number of nitrogens with zero attached hydrogens (tertiary/aromatic N) is 2. The Morgan fingerprint density at radius 1 is 0.568 bits per heavy atom. The van der Waals surface area contributed by atoms with Crippen molar-refractivity contribution in [3.63, 3.8) is 0 Å². The van der Waals surface area contributed by atoms with Gasteiger partial charge < -0.3 is 0 Å². The van der Waals surface area contributed by atoms with E-state index < -0.39 is 16.1 Å². The van der Waals surface area contributed by atoms with E-state index in [4.69, 9.17) is 0 Å². The van der Waals surface area contributed by atoms with Crippen molar-refractivity contribution >= 4 is 37.4 Å². The van der Waals surface area contributed by atoms with Crippen molar-refractivity contribution in [2.75, 3.05) is 20.6 Å². The molecule has 4 aromatic rings. The van der Waals surface area contributed by atoms with Gasteiger partial charge in [0.25, 0.3) is 0 Å². The van der Waals surface area contributed by atoms with Gasteiger partial charge in [-0.3, -0.25) is 9.34 Å². The fourth-order valence-electron chi connectivity index (χ4n) is 5.72. The second kappa shape index (κ2) is 12.9. The second-order valence-corrected chi connectivity index (χ2v) is 14.7. The molecule has 0 amide bonds. The van der Waals surface area contributed by atoms with Gasteiger partial charge >= 0.3 is 0 Å². The maximum atomic E-state index is 2.73. The lowest BCUT2D eigenvalue weighted by molar-refractivity contribution is 0.218. The maximum Gasteiger partial charge on any atom is 0.0281 e. The van der Waals surface area contributed by atoms with Crippen LogP contribution in [0.15, 0.2) is 121 Å². The summed E-state index contributed by atoms with van der Waals surface area (Å²) >= 11 is 0. The Morgan fingerprint density at radius 3 is 1.41 bits per heavy atom. The Labute approximate surface area is 226 Å². The second-order valence-electron chi connectivity index (χ2n) is 10.1. The molecule has 1 aliphatic rings. The van der Waals surface area contributed by atoms with Crippen LogP contribution in [-0.4, -0.2) is 36.0 Å². The first-order valence-corrected chi connectivity index (χ1v) is 16.0. The molecule has 4 heteroatoms. The van der Waals surface area contributed by atoms with Crippen LogP contribution in [0.4, 0.5) is 0 Å². The Morgan fingerprint density at radius 2 is 0.973 bits per heavy atom. The van der Waals surface area contributed by atoms with Crippen LogP contribution in [0.1, 0.15) is 25.7 Å². The molecule has 4 aromatic carbocycles. The number of rotatable bonds is 9. The van der Waals surface area contributed by atoms with Crippen LogP contribution in [0, 0.1) is 5.92 Å². The minimum Gasteiger partial charge on any atom is -0.278 e. The first-order chi connectivity index (χ1) is 18.2. The first kappa shape index (κ1) is 26.3. The van der Waals surface area contributed by atoms with Crippen LogP contribution >= 0.6 is 16.1 Å². The molecule has 0 bridgehead atoms. The number of hydrogen-bond acceptors (Lipinski definition) is 2. The zero-order valence-corrected chi connectivity index (χ0v) is 23.8. The summed E-state index contributed by atoms with van der Waals surface area (Å²) in [4.78, 5) is 0. The number of hydrogen-bond donors (Lipinski definition) is 0. The molecule has 0 aliphatic heterocycles. The van der Waals surface area contributed by atoms with Crippen molar-refractivity contribution in [2.45, 2.75) is 31.7 Å². The largest absolute Gasteiger partial charge is 0.278 e. The fraction of sp³-hybridized carbons (Fsp3) is 0.273. The maximum absolute atomic E-state index is 2.73. The summed E-state index contributed by atoms with van der Waals surface area (Å²) in [7, 11) is 3.66. The number of benzene rings is 4. The highest BCUT2D eigenvalue weighted by molar-refractivity contribution is 7.71. The van der Waals surface area contributed by atoms with Crippen molar-refractivity contribution in [3.8, 4) is 0 Å². The summed E-state index contributed by atoms with van der Waals surface area (Å²) in [5.41, 5.74) is 0. The predicted octanol–water partition coefficient (Wildman–Crippen LogP) is 6.50. The molecule has 1 saturated carbocycles. The lowest BCUT2D eigenvalue weighted by Gasteiger charge is -2.41. The molecule has 2 atom stereocenters. The molecule has 190 valence electrons. The molecule has 0 saturated heterocycles. The minimum atomic E-state index is -0.535. The SMILES string of the molecule is CN(CC1CCCC(N(C)P(c2ccccc2)c2ccccc2)C1)P(c1ccccc1)c1ccccc1. The smallest absolute Gasteiger partial charge is 0.0281 e. The van der Waals surface area contributed by atoms with Crippen LogP contribution in [0.3, 0.4) is 0 Å². The van der Waals surface area contributed by atoms with Gasteiger partial charge in [0.05, 0.1) is 0 Å². The topological polar surface area (TPSA) is 6.48 Å². The Balaban J connectivity index is 1.34. The Hall–Kier alpha value is -2.34. The average Bonchev–Trinajstić information content (AvgIpc) is 2.96. The molecule has 0 radical (unpaired) electrons. The van der Waals surface area contributed by atoms with E-state index in [9.17, 15) is 0 Å². The van der Waals surface area contributed by atoms with Crippen molar-refractivity contribution < 1.29 is 0 Å². The molecular formula is C33H38N2P2. The molecule has 37 heavy (non-hydrogen) atoms. The highest BCUT2D eigenvalue weighted by atomic mass is 31.1. The van der Waals surface area contributed by atoms with E-state index in [1.165, 1.54) is 46.9 Å². The highest BCUT2D eigenvalue weighted by Crippen LogP contribution is 2.44. The van der Waals surface area contributed by atoms with Gasteiger partial charge in [0, 0.05) is 28.7 Å². The molecule has 0 spiro atoms. The molecule has 5 rings (SSSR count). The molecular weight excluding hydrogens is 486 g/mol. The summed E-state index contributed by atoms with van der Waals surface area (Å²) in [6.45, 7) is 1.15. The quantitative estimate of drug-likeness (QED) is 0.231. The van der Waals surface area contributed by atoms with Crippen LogP contribution < -0.4 is 21.2 Å². The van der Waals surface area contributed by atoms with Crippen LogP contribution in [0.2, 0.25) is 0 Å². The van der Waals surface area contributed by atoms with Gasteiger partial charge in [-0.2, -0.15) is 0 Å². The van der Waals surface area contributed by atoms with Gasteiger partial charge in [0.2, 0.25) is 0 Å². The van der Waals surface area contributed by atoms with E-state index in [-0.39, 0.29) is 0 Å². The third-order valence-electron chi connectivity index (χ3n) is 7.47. The third-order valence-corrected chi connectivity index (χ3v) is 12.4. The predicted molar refractivity (Wildman–Crippen MR) is 164 cm³/mol. The molecule has 2 nitrogen and oxygen atoms in total.